The SMILES string of the molecule is CC1CCN(c2cc(C(O)CN)ccn2)CC1. The van der Waals surface area contributed by atoms with Gasteiger partial charge in [-0.25, -0.2) is 4.98 Å². The van der Waals surface area contributed by atoms with Gasteiger partial charge in [-0.05, 0) is 36.5 Å². The highest BCUT2D eigenvalue weighted by atomic mass is 16.3. The fourth-order valence-corrected chi connectivity index (χ4v) is 2.19. The molecule has 0 aliphatic carbocycles. The Hall–Kier alpha value is -1.13. The van der Waals surface area contributed by atoms with Crippen LogP contribution in [0.15, 0.2) is 18.3 Å². The van der Waals surface area contributed by atoms with Crippen LogP contribution in [0, 0.1) is 5.92 Å². The monoisotopic (exact) mass is 235 g/mol. The van der Waals surface area contributed by atoms with Crippen molar-refractivity contribution in [2.75, 3.05) is 24.5 Å². The fourth-order valence-electron chi connectivity index (χ4n) is 2.19. The van der Waals surface area contributed by atoms with Gasteiger partial charge >= 0.3 is 0 Å². The molecule has 17 heavy (non-hydrogen) atoms. The van der Waals surface area contributed by atoms with E-state index in [2.05, 4.69) is 16.8 Å². The van der Waals surface area contributed by atoms with Crippen LogP contribution in [0.25, 0.3) is 0 Å². The molecular formula is C13H21N3O. The van der Waals surface area contributed by atoms with E-state index in [0.29, 0.717) is 0 Å². The number of nitrogens with zero attached hydrogens (tertiary/aromatic N) is 2. The van der Waals surface area contributed by atoms with Gasteiger partial charge in [-0.2, -0.15) is 0 Å². The van der Waals surface area contributed by atoms with E-state index in [0.717, 1.165) is 30.4 Å². The zero-order valence-electron chi connectivity index (χ0n) is 10.3. The molecule has 1 atom stereocenters. The first-order valence-electron chi connectivity index (χ1n) is 6.29. The lowest BCUT2D eigenvalue weighted by atomic mass is 9.99. The van der Waals surface area contributed by atoms with E-state index in [1.54, 1.807) is 6.20 Å². The van der Waals surface area contributed by atoms with Crippen LogP contribution in [-0.4, -0.2) is 29.7 Å². The lowest BCUT2D eigenvalue weighted by Gasteiger charge is -2.31. The van der Waals surface area contributed by atoms with Crippen LogP contribution in [-0.2, 0) is 0 Å². The number of piperidine rings is 1. The molecule has 1 unspecified atom stereocenters. The number of pyridine rings is 1. The Kier molecular flexibility index (Phi) is 3.97. The number of rotatable bonds is 3. The van der Waals surface area contributed by atoms with E-state index in [-0.39, 0.29) is 6.54 Å². The number of anilines is 1. The van der Waals surface area contributed by atoms with Crippen molar-refractivity contribution in [3.8, 4) is 0 Å². The molecule has 2 rings (SSSR count). The van der Waals surface area contributed by atoms with Gasteiger partial charge in [0, 0.05) is 25.8 Å². The Bertz CT molecular complexity index is 361. The lowest BCUT2D eigenvalue weighted by molar-refractivity contribution is 0.186. The number of hydrogen-bond donors (Lipinski definition) is 2. The van der Waals surface area contributed by atoms with E-state index in [1.807, 2.05) is 12.1 Å². The molecule has 1 fully saturated rings. The molecule has 3 N–H and O–H groups in total. The molecule has 0 saturated carbocycles. The zero-order chi connectivity index (χ0) is 12.3. The van der Waals surface area contributed by atoms with Crippen molar-refractivity contribution in [1.82, 2.24) is 4.98 Å². The molecule has 0 aromatic carbocycles. The van der Waals surface area contributed by atoms with Gasteiger partial charge in [0.2, 0.25) is 0 Å². The molecule has 1 aliphatic heterocycles. The first-order chi connectivity index (χ1) is 8.20. The van der Waals surface area contributed by atoms with Gasteiger partial charge < -0.3 is 15.7 Å². The van der Waals surface area contributed by atoms with Gasteiger partial charge in [-0.15, -0.1) is 0 Å². The van der Waals surface area contributed by atoms with Crippen LogP contribution in [0.3, 0.4) is 0 Å². The third-order valence-corrected chi connectivity index (χ3v) is 3.49. The van der Waals surface area contributed by atoms with Crippen molar-refractivity contribution in [2.24, 2.45) is 11.7 Å². The first kappa shape index (κ1) is 12.3. The van der Waals surface area contributed by atoms with Crippen molar-refractivity contribution in [3.05, 3.63) is 23.9 Å². The minimum absolute atomic E-state index is 0.250. The maximum atomic E-state index is 9.72. The highest BCUT2D eigenvalue weighted by Gasteiger charge is 2.17. The summed E-state index contributed by atoms with van der Waals surface area (Å²) in [6.45, 7) is 4.65. The summed E-state index contributed by atoms with van der Waals surface area (Å²) in [6.07, 6.45) is 3.60. The van der Waals surface area contributed by atoms with Crippen LogP contribution >= 0.6 is 0 Å². The summed E-state index contributed by atoms with van der Waals surface area (Å²) in [5.74, 6) is 1.77. The van der Waals surface area contributed by atoms with E-state index >= 15 is 0 Å². The molecule has 0 radical (unpaired) electrons. The van der Waals surface area contributed by atoms with Gasteiger partial charge in [-0.3, -0.25) is 0 Å². The minimum Gasteiger partial charge on any atom is -0.387 e. The molecule has 0 spiro atoms. The van der Waals surface area contributed by atoms with Gasteiger partial charge in [0.05, 0.1) is 6.10 Å². The summed E-state index contributed by atoms with van der Waals surface area (Å²) < 4.78 is 0. The van der Waals surface area contributed by atoms with Crippen molar-refractivity contribution in [3.63, 3.8) is 0 Å². The molecule has 0 amide bonds. The average Bonchev–Trinajstić information content (AvgIpc) is 2.39. The Labute approximate surface area is 102 Å². The van der Waals surface area contributed by atoms with E-state index in [1.165, 1.54) is 12.8 Å². The Morgan fingerprint density at radius 3 is 2.88 bits per heavy atom. The Morgan fingerprint density at radius 1 is 1.53 bits per heavy atom. The molecule has 1 aromatic heterocycles. The maximum Gasteiger partial charge on any atom is 0.128 e. The van der Waals surface area contributed by atoms with Crippen LogP contribution in [0.4, 0.5) is 5.82 Å². The topological polar surface area (TPSA) is 62.4 Å². The van der Waals surface area contributed by atoms with Crippen LogP contribution in [0.1, 0.15) is 31.4 Å². The summed E-state index contributed by atoms with van der Waals surface area (Å²) in [6, 6.07) is 3.78. The third kappa shape index (κ3) is 2.96. The second kappa shape index (κ2) is 5.47. The molecule has 1 saturated heterocycles. The molecule has 1 aliphatic rings. The van der Waals surface area contributed by atoms with Crippen molar-refractivity contribution in [2.45, 2.75) is 25.9 Å². The van der Waals surface area contributed by atoms with Crippen molar-refractivity contribution >= 4 is 5.82 Å². The third-order valence-electron chi connectivity index (χ3n) is 3.49. The van der Waals surface area contributed by atoms with Crippen molar-refractivity contribution in [1.29, 1.82) is 0 Å². The number of aromatic nitrogens is 1. The van der Waals surface area contributed by atoms with E-state index < -0.39 is 6.10 Å². The van der Waals surface area contributed by atoms with Gasteiger partial charge in [-0.1, -0.05) is 6.92 Å². The number of nitrogens with two attached hydrogens (primary N) is 1. The number of aliphatic hydroxyl groups is 1. The number of hydrogen-bond acceptors (Lipinski definition) is 4. The summed E-state index contributed by atoms with van der Waals surface area (Å²) in [5.41, 5.74) is 6.32. The summed E-state index contributed by atoms with van der Waals surface area (Å²) in [7, 11) is 0. The molecular weight excluding hydrogens is 214 g/mol. The predicted molar refractivity (Wildman–Crippen MR) is 68.9 cm³/mol. The van der Waals surface area contributed by atoms with Gasteiger partial charge in [0.15, 0.2) is 0 Å². The second-order valence-corrected chi connectivity index (χ2v) is 4.87. The zero-order valence-corrected chi connectivity index (χ0v) is 10.3. The predicted octanol–water partition coefficient (Wildman–Crippen LogP) is 1.31. The molecule has 94 valence electrons. The Morgan fingerprint density at radius 2 is 2.24 bits per heavy atom. The minimum atomic E-state index is -0.583. The number of aliphatic hydroxyl groups excluding tert-OH is 1. The largest absolute Gasteiger partial charge is 0.387 e. The fraction of sp³-hybridized carbons (Fsp3) is 0.615. The van der Waals surface area contributed by atoms with Crippen molar-refractivity contribution < 1.29 is 5.11 Å². The quantitative estimate of drug-likeness (QED) is 0.829. The molecule has 4 nitrogen and oxygen atoms in total. The van der Waals surface area contributed by atoms with E-state index in [4.69, 9.17) is 5.73 Å². The smallest absolute Gasteiger partial charge is 0.128 e. The van der Waals surface area contributed by atoms with Crippen LogP contribution in [0.5, 0.6) is 0 Å². The Balaban J connectivity index is 2.10. The van der Waals surface area contributed by atoms with Gasteiger partial charge in [0.1, 0.15) is 5.82 Å². The normalized spacial score (nSPS) is 19.4. The van der Waals surface area contributed by atoms with Crippen LogP contribution < -0.4 is 10.6 Å². The van der Waals surface area contributed by atoms with E-state index in [9.17, 15) is 5.11 Å². The maximum absolute atomic E-state index is 9.72. The lowest BCUT2D eigenvalue weighted by Crippen LogP contribution is -2.33. The highest BCUT2D eigenvalue weighted by Crippen LogP contribution is 2.23. The molecule has 1 aromatic rings. The summed E-state index contributed by atoms with van der Waals surface area (Å²) >= 11 is 0. The highest BCUT2D eigenvalue weighted by molar-refractivity contribution is 5.42. The average molecular weight is 235 g/mol. The molecule has 2 heterocycles. The molecule has 0 bridgehead atoms. The summed E-state index contributed by atoms with van der Waals surface area (Å²) in [5, 5.41) is 9.72. The second-order valence-electron chi connectivity index (χ2n) is 4.87. The molecule has 4 heteroatoms. The van der Waals surface area contributed by atoms with Gasteiger partial charge in [0.25, 0.3) is 0 Å². The first-order valence-corrected chi connectivity index (χ1v) is 6.29. The van der Waals surface area contributed by atoms with Crippen LogP contribution in [0.2, 0.25) is 0 Å². The summed E-state index contributed by atoms with van der Waals surface area (Å²) in [4.78, 5) is 6.66. The standard InChI is InChI=1S/C13H21N3O/c1-10-3-6-16(7-4-10)13-8-11(2-5-15-13)12(17)9-14/h2,5,8,10,12,17H,3-4,6-7,9,14H2,1H3.